The van der Waals surface area contributed by atoms with Crippen molar-refractivity contribution in [1.82, 2.24) is 0 Å². The van der Waals surface area contributed by atoms with Gasteiger partial charge in [0.2, 0.25) is 0 Å². The molecule has 0 saturated carbocycles. The maximum absolute atomic E-state index is 12.7. The number of benzene rings is 2. The van der Waals surface area contributed by atoms with Crippen molar-refractivity contribution in [2.75, 3.05) is 6.61 Å². The summed E-state index contributed by atoms with van der Waals surface area (Å²) >= 11 is 0. The predicted molar refractivity (Wildman–Crippen MR) is 107 cm³/mol. The minimum atomic E-state index is -3.95. The second-order valence-corrected chi connectivity index (χ2v) is 8.83. The van der Waals surface area contributed by atoms with Crippen LogP contribution in [0.4, 0.5) is 0 Å². The van der Waals surface area contributed by atoms with Gasteiger partial charge in [-0.2, -0.15) is 0 Å². The van der Waals surface area contributed by atoms with Gasteiger partial charge in [0.25, 0.3) is 0 Å². The normalized spacial score (nSPS) is 14.9. The highest BCUT2D eigenvalue weighted by Crippen LogP contribution is 2.44. The van der Waals surface area contributed by atoms with Crippen LogP contribution in [0.1, 0.15) is 39.7 Å². The number of aryl methyl sites for hydroxylation is 1. The van der Waals surface area contributed by atoms with Gasteiger partial charge in [-0.1, -0.05) is 49.7 Å². The van der Waals surface area contributed by atoms with Crippen LogP contribution in [0.3, 0.4) is 0 Å². The molecule has 0 aliphatic heterocycles. The summed E-state index contributed by atoms with van der Waals surface area (Å²) in [6.45, 7) is 10.1. The molecule has 5 heteroatoms. The van der Waals surface area contributed by atoms with Crippen molar-refractivity contribution >= 4 is 12.9 Å². The van der Waals surface area contributed by atoms with E-state index in [1.54, 1.807) is 19.1 Å². The zero-order valence-corrected chi connectivity index (χ0v) is 17.1. The Kier molecular flexibility index (Phi) is 7.05. The molecule has 0 fully saturated rings. The van der Waals surface area contributed by atoms with Gasteiger partial charge in [0.05, 0.1) is 12.7 Å². The van der Waals surface area contributed by atoms with Gasteiger partial charge in [-0.25, -0.2) is 0 Å². The third-order valence-electron chi connectivity index (χ3n) is 4.08. The minimum absolute atomic E-state index is 0.0550. The molecule has 0 radical (unpaired) electrons. The zero-order valence-electron chi connectivity index (χ0n) is 16.2. The number of hydrogen-bond donors (Lipinski definition) is 1. The predicted octanol–water partition coefficient (Wildman–Crippen LogP) is 5.32. The molecule has 0 aliphatic rings. The summed E-state index contributed by atoms with van der Waals surface area (Å²) in [5.74, 6) is 0.890. The van der Waals surface area contributed by atoms with Crippen molar-refractivity contribution in [3.8, 4) is 16.9 Å². The Bertz CT molecular complexity index is 768. The Morgan fingerprint density at radius 3 is 2.23 bits per heavy atom. The highest BCUT2D eigenvalue weighted by atomic mass is 31.2. The van der Waals surface area contributed by atoms with E-state index in [2.05, 4.69) is 13.8 Å². The summed E-state index contributed by atoms with van der Waals surface area (Å²) in [5, 5.41) is 0.216. The largest absolute Gasteiger partial charge is 0.490 e. The van der Waals surface area contributed by atoms with Crippen LogP contribution in [0.5, 0.6) is 5.75 Å². The van der Waals surface area contributed by atoms with Gasteiger partial charge >= 0.3 is 7.60 Å². The van der Waals surface area contributed by atoms with E-state index in [-0.39, 0.29) is 18.0 Å². The molecule has 0 amide bonds. The molecular weight excluding hydrogens is 347 g/mol. The van der Waals surface area contributed by atoms with E-state index in [4.69, 9.17) is 9.26 Å². The Morgan fingerprint density at radius 1 is 1.04 bits per heavy atom. The van der Waals surface area contributed by atoms with Crippen molar-refractivity contribution in [1.29, 1.82) is 0 Å². The molecule has 2 aromatic carbocycles. The average molecular weight is 376 g/mol. The lowest BCUT2D eigenvalue weighted by Gasteiger charge is -2.21. The molecular formula is C21H29O4P. The van der Waals surface area contributed by atoms with Crippen LogP contribution in [0.15, 0.2) is 42.5 Å². The first kappa shape index (κ1) is 20.7. The minimum Gasteiger partial charge on any atom is -0.490 e. The molecule has 142 valence electrons. The van der Waals surface area contributed by atoms with E-state index >= 15 is 0 Å². The zero-order chi connectivity index (χ0) is 19.3. The first-order valence-corrected chi connectivity index (χ1v) is 10.7. The SMILES string of the molecule is CCOP(=O)(O)c1cc(-c2ccc(C)cc2)ccc1OC(C)CC(C)C. The van der Waals surface area contributed by atoms with Gasteiger partial charge in [0.1, 0.15) is 11.1 Å². The van der Waals surface area contributed by atoms with E-state index < -0.39 is 7.60 Å². The number of hydrogen-bond acceptors (Lipinski definition) is 3. The molecule has 0 spiro atoms. The smallest absolute Gasteiger partial charge is 0.362 e. The summed E-state index contributed by atoms with van der Waals surface area (Å²) in [4.78, 5) is 10.4. The summed E-state index contributed by atoms with van der Waals surface area (Å²) in [6.07, 6.45) is 0.810. The fourth-order valence-electron chi connectivity index (χ4n) is 2.94. The molecule has 4 nitrogen and oxygen atoms in total. The van der Waals surface area contributed by atoms with Crippen LogP contribution < -0.4 is 10.0 Å². The number of ether oxygens (including phenoxy) is 1. The fourth-order valence-corrected chi connectivity index (χ4v) is 4.13. The monoisotopic (exact) mass is 376 g/mol. The van der Waals surface area contributed by atoms with E-state index in [1.165, 1.54) is 5.56 Å². The van der Waals surface area contributed by atoms with Crippen molar-refractivity contribution in [2.24, 2.45) is 5.92 Å². The third kappa shape index (κ3) is 5.44. The van der Waals surface area contributed by atoms with Crippen LogP contribution in [-0.2, 0) is 9.09 Å². The molecule has 0 aliphatic carbocycles. The molecule has 2 rings (SSSR count). The molecule has 2 aromatic rings. The van der Waals surface area contributed by atoms with E-state index in [9.17, 15) is 9.46 Å². The van der Waals surface area contributed by atoms with Crippen molar-refractivity contribution in [2.45, 2.75) is 47.1 Å². The lowest BCUT2D eigenvalue weighted by atomic mass is 10.0. The van der Waals surface area contributed by atoms with Crippen LogP contribution in [0.25, 0.3) is 11.1 Å². The first-order chi connectivity index (χ1) is 12.2. The number of rotatable bonds is 8. The highest BCUT2D eigenvalue weighted by molar-refractivity contribution is 7.61. The lowest BCUT2D eigenvalue weighted by molar-refractivity contribution is 0.194. The summed E-state index contributed by atoms with van der Waals surface area (Å²) < 4.78 is 23.9. The van der Waals surface area contributed by atoms with Crippen LogP contribution in [0.2, 0.25) is 0 Å². The van der Waals surface area contributed by atoms with Crippen LogP contribution in [-0.4, -0.2) is 17.6 Å². The molecule has 26 heavy (non-hydrogen) atoms. The second kappa shape index (κ2) is 8.85. The quantitative estimate of drug-likeness (QED) is 0.633. The lowest BCUT2D eigenvalue weighted by Crippen LogP contribution is -2.20. The summed E-state index contributed by atoms with van der Waals surface area (Å²) in [6, 6.07) is 13.4. The Hall–Kier alpha value is -1.61. The maximum Gasteiger partial charge on any atom is 0.362 e. The Labute approximate surface area is 156 Å². The molecule has 1 N–H and O–H groups in total. The second-order valence-electron chi connectivity index (χ2n) is 7.04. The van der Waals surface area contributed by atoms with Gasteiger partial charge in [-0.3, -0.25) is 4.57 Å². The molecule has 2 unspecified atom stereocenters. The topological polar surface area (TPSA) is 55.8 Å². The Morgan fingerprint density at radius 2 is 1.65 bits per heavy atom. The Balaban J connectivity index is 2.44. The van der Waals surface area contributed by atoms with Crippen molar-refractivity contribution < 1.29 is 18.7 Å². The molecule has 0 heterocycles. The first-order valence-electron chi connectivity index (χ1n) is 9.08. The van der Waals surface area contributed by atoms with Gasteiger partial charge in [-0.05, 0) is 56.4 Å². The molecule has 0 aromatic heterocycles. The molecule has 2 atom stereocenters. The average Bonchev–Trinajstić information content (AvgIpc) is 2.55. The third-order valence-corrected chi connectivity index (χ3v) is 5.65. The maximum atomic E-state index is 12.7. The van der Waals surface area contributed by atoms with E-state index in [0.717, 1.165) is 17.5 Å². The van der Waals surface area contributed by atoms with Crippen molar-refractivity contribution in [3.05, 3.63) is 48.0 Å². The van der Waals surface area contributed by atoms with Gasteiger partial charge in [0, 0.05) is 0 Å². The van der Waals surface area contributed by atoms with Gasteiger partial charge in [0.15, 0.2) is 0 Å². The molecule has 0 saturated heterocycles. The summed E-state index contributed by atoms with van der Waals surface area (Å²) in [5.41, 5.74) is 3.01. The van der Waals surface area contributed by atoms with Crippen LogP contribution >= 0.6 is 7.60 Å². The van der Waals surface area contributed by atoms with Crippen molar-refractivity contribution in [3.63, 3.8) is 0 Å². The van der Waals surface area contributed by atoms with Gasteiger partial charge < -0.3 is 14.2 Å². The highest BCUT2D eigenvalue weighted by Gasteiger charge is 2.28. The van der Waals surface area contributed by atoms with Crippen LogP contribution in [0, 0.1) is 12.8 Å². The summed E-state index contributed by atoms with van der Waals surface area (Å²) in [7, 11) is -3.95. The standard InChI is InChI=1S/C21H29O4P/c1-6-24-26(22,23)21-14-19(18-9-7-16(4)8-10-18)11-12-20(21)25-17(5)13-15(2)3/h7-12,14-15,17H,6,13H2,1-5H3,(H,22,23). The van der Waals surface area contributed by atoms with Gasteiger partial charge in [-0.15, -0.1) is 0 Å². The molecule has 0 bridgehead atoms. The van der Waals surface area contributed by atoms with E-state index in [0.29, 0.717) is 11.7 Å². The fraction of sp³-hybridized carbons (Fsp3) is 0.429. The van der Waals surface area contributed by atoms with E-state index in [1.807, 2.05) is 44.2 Å².